The van der Waals surface area contributed by atoms with Crippen LogP contribution in [-0.4, -0.2) is 72.4 Å². The Labute approximate surface area is 233 Å². The summed E-state index contributed by atoms with van der Waals surface area (Å²) in [7, 11) is -8.98. The molecule has 0 aromatic heterocycles. The molecular weight excluding hydrogens is 545 g/mol. The van der Waals surface area contributed by atoms with Crippen molar-refractivity contribution >= 4 is 46.5 Å². The summed E-state index contributed by atoms with van der Waals surface area (Å²) in [6, 6.07) is 9.09. The highest BCUT2D eigenvalue weighted by molar-refractivity contribution is 6.88. The van der Waals surface area contributed by atoms with Crippen LogP contribution in [0.4, 0.5) is 0 Å². The first-order valence-electron chi connectivity index (χ1n) is 13.9. The Hall–Kier alpha value is 0.104. The Morgan fingerprint density at radius 2 is 1.00 bits per heavy atom. The van der Waals surface area contributed by atoms with Crippen LogP contribution in [0.15, 0.2) is 24.3 Å². The van der Waals surface area contributed by atoms with Crippen molar-refractivity contribution < 1.29 is 22.4 Å². The molecule has 2 rings (SSSR count). The Morgan fingerprint density at radius 3 is 1.41 bits per heavy atom. The summed E-state index contributed by atoms with van der Waals surface area (Å²) in [5.74, 6) is 0. The zero-order chi connectivity index (χ0) is 28.6. The van der Waals surface area contributed by atoms with Gasteiger partial charge < -0.3 is 22.4 Å². The van der Waals surface area contributed by atoms with E-state index in [0.717, 1.165) is 5.56 Å². The molecule has 5 nitrogen and oxygen atoms in total. The smallest absolute Gasteiger partial charge is 0.184 e. The molecule has 0 bridgehead atoms. The number of ether oxygens (including phenoxy) is 1. The highest BCUT2D eigenvalue weighted by atomic mass is 28.4. The van der Waals surface area contributed by atoms with E-state index in [9.17, 15) is 0 Å². The fourth-order valence-electron chi connectivity index (χ4n) is 4.45. The van der Waals surface area contributed by atoms with Crippen molar-refractivity contribution in [2.45, 2.75) is 129 Å². The van der Waals surface area contributed by atoms with Gasteiger partial charge in [-0.3, -0.25) is 0 Å². The van der Waals surface area contributed by atoms with Crippen molar-refractivity contribution in [2.75, 3.05) is 6.61 Å². The normalized spacial score (nSPS) is 26.4. The first-order chi connectivity index (χ1) is 16.5. The Balaban J connectivity index is 2.64. The third-order valence-corrected chi connectivity index (χ3v) is 11.9. The minimum absolute atomic E-state index is 0.212. The van der Waals surface area contributed by atoms with Crippen LogP contribution in [0.3, 0.4) is 0 Å². The quantitative estimate of drug-likeness (QED) is 0.252. The van der Waals surface area contributed by atoms with Crippen molar-refractivity contribution in [3.05, 3.63) is 29.8 Å². The van der Waals surface area contributed by atoms with Gasteiger partial charge in [-0.1, -0.05) is 49.1 Å². The molecule has 0 N–H and O–H groups in total. The van der Waals surface area contributed by atoms with Gasteiger partial charge in [-0.25, -0.2) is 0 Å². The molecule has 37 heavy (non-hydrogen) atoms. The van der Waals surface area contributed by atoms with Crippen molar-refractivity contribution in [3.63, 3.8) is 0 Å². The standard InChI is InChI=1S/C27H56O5Si5/c1-33(2,3)22-18-16-21(17-19-22)24-26(31-36(10,11)12)27(32-37(13,14)15)25(30-35(7,8)9)23(29-24)20-28-34(4,5)6/h16-19,23-27H,20H2,1-15H3/t23-,24?,25-,26+,27+/m1/s1. The molecule has 0 spiro atoms. The molecule has 10 heteroatoms. The van der Waals surface area contributed by atoms with Crippen LogP contribution in [-0.2, 0) is 22.4 Å². The fourth-order valence-corrected chi connectivity index (χ4v) is 9.54. The number of hydrogen-bond acceptors (Lipinski definition) is 5. The highest BCUT2D eigenvalue weighted by Crippen LogP contribution is 2.40. The molecule has 1 saturated heterocycles. The third kappa shape index (κ3) is 11.2. The van der Waals surface area contributed by atoms with E-state index in [1.165, 1.54) is 5.19 Å². The molecule has 1 aliphatic rings. The maximum atomic E-state index is 7.00. The predicted octanol–water partition coefficient (Wildman–Crippen LogP) is 7.18. The first kappa shape index (κ1) is 33.3. The maximum absolute atomic E-state index is 7.00. The van der Waals surface area contributed by atoms with E-state index in [2.05, 4.69) is 122 Å². The van der Waals surface area contributed by atoms with Gasteiger partial charge in [-0.15, -0.1) is 0 Å². The number of rotatable bonds is 11. The van der Waals surface area contributed by atoms with E-state index in [-0.39, 0.29) is 30.5 Å². The highest BCUT2D eigenvalue weighted by Gasteiger charge is 2.52. The molecule has 1 aliphatic heterocycles. The van der Waals surface area contributed by atoms with Gasteiger partial charge in [0, 0.05) is 0 Å². The second-order valence-corrected chi connectivity index (χ2v) is 38.4. The van der Waals surface area contributed by atoms with E-state index in [0.29, 0.717) is 6.61 Å². The molecule has 1 heterocycles. The third-order valence-electron chi connectivity index (χ3n) is 5.89. The molecule has 214 valence electrons. The number of hydrogen-bond donors (Lipinski definition) is 0. The van der Waals surface area contributed by atoms with Gasteiger partial charge in [0.1, 0.15) is 30.5 Å². The first-order valence-corrected chi connectivity index (χ1v) is 31.0. The van der Waals surface area contributed by atoms with Crippen LogP contribution >= 0.6 is 0 Å². The van der Waals surface area contributed by atoms with Gasteiger partial charge in [0.05, 0.1) is 14.7 Å². The monoisotopic (exact) mass is 600 g/mol. The topological polar surface area (TPSA) is 46.2 Å². The predicted molar refractivity (Wildman–Crippen MR) is 171 cm³/mol. The zero-order valence-corrected chi connectivity index (χ0v) is 31.4. The summed E-state index contributed by atoms with van der Waals surface area (Å²) in [5, 5.41) is 1.45. The Kier molecular flexibility index (Phi) is 10.7. The van der Waals surface area contributed by atoms with Crippen LogP contribution in [0.1, 0.15) is 11.7 Å². The molecule has 0 saturated carbocycles. The van der Waals surface area contributed by atoms with Gasteiger partial charge in [-0.2, -0.15) is 0 Å². The molecule has 1 unspecified atom stereocenters. The lowest BCUT2D eigenvalue weighted by atomic mass is 9.91. The van der Waals surface area contributed by atoms with Gasteiger partial charge in [-0.05, 0) is 84.1 Å². The lowest BCUT2D eigenvalue weighted by Crippen LogP contribution is -2.63. The average molecular weight is 601 g/mol. The zero-order valence-electron chi connectivity index (χ0n) is 26.4. The van der Waals surface area contributed by atoms with Gasteiger partial charge >= 0.3 is 0 Å². The maximum Gasteiger partial charge on any atom is 0.184 e. The van der Waals surface area contributed by atoms with Crippen LogP contribution < -0.4 is 5.19 Å². The lowest BCUT2D eigenvalue weighted by Gasteiger charge is -2.51. The van der Waals surface area contributed by atoms with E-state index in [1.807, 2.05) is 0 Å². The average Bonchev–Trinajstić information content (AvgIpc) is 2.65. The SMILES string of the molecule is C[Si](C)(C)OC[C@H]1OC(c2ccc([Si](C)(C)C)cc2)[C@H](O[Si](C)(C)C)[C@@H](O[Si](C)(C)C)[C@@H]1O[Si](C)(C)C. The largest absolute Gasteiger partial charge is 0.415 e. The summed E-state index contributed by atoms with van der Waals surface area (Å²) in [4.78, 5) is 0. The molecule has 0 amide bonds. The summed E-state index contributed by atoms with van der Waals surface area (Å²) >= 11 is 0. The van der Waals surface area contributed by atoms with Crippen LogP contribution in [0.2, 0.25) is 98.2 Å². The van der Waals surface area contributed by atoms with Crippen LogP contribution in [0, 0.1) is 0 Å². The second kappa shape index (κ2) is 11.9. The van der Waals surface area contributed by atoms with Crippen molar-refractivity contribution in [2.24, 2.45) is 0 Å². The second-order valence-electron chi connectivity index (χ2n) is 15.5. The molecule has 0 radical (unpaired) electrons. The van der Waals surface area contributed by atoms with Crippen molar-refractivity contribution in [3.8, 4) is 0 Å². The molecule has 1 aromatic rings. The van der Waals surface area contributed by atoms with Crippen molar-refractivity contribution in [1.82, 2.24) is 0 Å². The minimum atomic E-state index is -1.94. The minimum Gasteiger partial charge on any atom is -0.415 e. The van der Waals surface area contributed by atoms with Gasteiger partial charge in [0.2, 0.25) is 0 Å². The van der Waals surface area contributed by atoms with E-state index in [1.54, 1.807) is 0 Å². The van der Waals surface area contributed by atoms with Gasteiger partial charge in [0.15, 0.2) is 33.3 Å². The molecule has 5 atom stereocenters. The number of benzene rings is 1. The summed E-state index contributed by atoms with van der Waals surface area (Å²) in [6.45, 7) is 34.6. The van der Waals surface area contributed by atoms with E-state index >= 15 is 0 Å². The van der Waals surface area contributed by atoms with Gasteiger partial charge in [0.25, 0.3) is 0 Å². The molecule has 1 aromatic carbocycles. The summed E-state index contributed by atoms with van der Waals surface area (Å²) in [5.41, 5.74) is 1.15. The van der Waals surface area contributed by atoms with E-state index in [4.69, 9.17) is 22.4 Å². The lowest BCUT2D eigenvalue weighted by molar-refractivity contribution is -0.216. The van der Waals surface area contributed by atoms with Crippen LogP contribution in [0.25, 0.3) is 0 Å². The molecule has 0 aliphatic carbocycles. The Morgan fingerprint density at radius 1 is 0.568 bits per heavy atom. The molecule has 1 fully saturated rings. The summed E-state index contributed by atoms with van der Waals surface area (Å²) in [6.07, 6.45) is -1.13. The molecular formula is C27H56O5Si5. The summed E-state index contributed by atoms with van der Waals surface area (Å²) < 4.78 is 34.3. The van der Waals surface area contributed by atoms with Crippen LogP contribution in [0.5, 0.6) is 0 Å². The van der Waals surface area contributed by atoms with Crippen molar-refractivity contribution in [1.29, 1.82) is 0 Å². The fraction of sp³-hybridized carbons (Fsp3) is 0.778. The van der Waals surface area contributed by atoms with E-state index < -0.39 is 41.3 Å². The Bertz CT molecular complexity index is 860.